The van der Waals surface area contributed by atoms with E-state index in [0.717, 1.165) is 52.5 Å². The van der Waals surface area contributed by atoms with Crippen molar-refractivity contribution in [2.45, 2.75) is 45.8 Å². The van der Waals surface area contributed by atoms with E-state index in [1.807, 2.05) is 42.2 Å². The van der Waals surface area contributed by atoms with Crippen LogP contribution in [-0.4, -0.2) is 38.7 Å². The monoisotopic (exact) mass is 363 g/mol. The predicted octanol–water partition coefficient (Wildman–Crippen LogP) is 4.05. The van der Waals surface area contributed by atoms with E-state index in [-0.39, 0.29) is 18.6 Å². The van der Waals surface area contributed by atoms with Crippen LogP contribution in [0.4, 0.5) is 0 Å². The molecule has 0 aliphatic carbocycles. The fraction of sp³-hybridized carbons (Fsp3) is 0.364. The Kier molecular flexibility index (Phi) is 4.70. The van der Waals surface area contributed by atoms with Crippen LogP contribution in [0.3, 0.4) is 0 Å². The van der Waals surface area contributed by atoms with Gasteiger partial charge in [0, 0.05) is 18.0 Å². The lowest BCUT2D eigenvalue weighted by molar-refractivity contribution is 0.0637. The van der Waals surface area contributed by atoms with E-state index < -0.39 is 0 Å². The second kappa shape index (κ2) is 7.16. The van der Waals surface area contributed by atoms with Gasteiger partial charge < -0.3 is 10.0 Å². The van der Waals surface area contributed by atoms with Crippen LogP contribution in [0.15, 0.2) is 36.5 Å². The highest BCUT2D eigenvalue weighted by Crippen LogP contribution is 2.31. The minimum absolute atomic E-state index is 0.00331. The first-order valence-electron chi connectivity index (χ1n) is 9.57. The van der Waals surface area contributed by atoms with E-state index in [1.54, 1.807) is 6.20 Å². The quantitative estimate of drug-likeness (QED) is 0.738. The smallest absolute Gasteiger partial charge is 0.254 e. The lowest BCUT2D eigenvalue weighted by atomic mass is 9.94. The summed E-state index contributed by atoms with van der Waals surface area (Å²) >= 11 is 0. The van der Waals surface area contributed by atoms with Crippen molar-refractivity contribution in [2.24, 2.45) is 0 Å². The maximum atomic E-state index is 13.4. The van der Waals surface area contributed by atoms with Crippen LogP contribution < -0.4 is 0 Å². The van der Waals surface area contributed by atoms with E-state index in [4.69, 9.17) is 0 Å². The summed E-state index contributed by atoms with van der Waals surface area (Å²) in [6.07, 6.45) is 5.02. The molecular weight excluding hydrogens is 338 g/mol. The summed E-state index contributed by atoms with van der Waals surface area (Å²) in [5, 5.41) is 17.5. The molecule has 0 spiro atoms. The largest absolute Gasteiger partial charge is 0.392 e. The third-order valence-corrected chi connectivity index (χ3v) is 5.65. The van der Waals surface area contributed by atoms with Gasteiger partial charge in [-0.2, -0.15) is 5.10 Å². The summed E-state index contributed by atoms with van der Waals surface area (Å²) in [7, 11) is 0. The fourth-order valence-electron chi connectivity index (χ4n) is 4.02. The van der Waals surface area contributed by atoms with E-state index in [2.05, 4.69) is 17.1 Å². The summed E-state index contributed by atoms with van der Waals surface area (Å²) in [5.41, 5.74) is 5.51. The summed E-state index contributed by atoms with van der Waals surface area (Å²) < 4.78 is 0. The highest BCUT2D eigenvalue weighted by molar-refractivity contribution is 6.08. The molecule has 2 N–H and O–H groups in total. The molecule has 5 nitrogen and oxygen atoms in total. The number of nitrogens with zero attached hydrogens (tertiary/aromatic N) is 2. The molecular formula is C22H25N3O2. The summed E-state index contributed by atoms with van der Waals surface area (Å²) in [4.78, 5) is 15.4. The number of aromatic nitrogens is 2. The number of carbonyl (C=O) groups excluding carboxylic acids is 1. The lowest BCUT2D eigenvalue weighted by Crippen LogP contribution is -2.42. The Balaban J connectivity index is 1.84. The molecule has 1 atom stereocenters. The van der Waals surface area contributed by atoms with Crippen molar-refractivity contribution < 1.29 is 9.90 Å². The zero-order valence-corrected chi connectivity index (χ0v) is 15.8. The number of H-pyrrole nitrogens is 1. The van der Waals surface area contributed by atoms with Gasteiger partial charge in [-0.25, -0.2) is 0 Å². The predicted molar refractivity (Wildman–Crippen MR) is 107 cm³/mol. The SMILES string of the molecule is Cc1ccc(CO)cc1-c1cc(C(=O)N2CCCC[C@H]2C)c2cn[nH]c2c1. The summed E-state index contributed by atoms with van der Waals surface area (Å²) in [6.45, 7) is 4.98. The summed E-state index contributed by atoms with van der Waals surface area (Å²) in [5.74, 6) is 0.0754. The van der Waals surface area contributed by atoms with Crippen LogP contribution in [0.5, 0.6) is 0 Å². The Morgan fingerprint density at radius 3 is 2.93 bits per heavy atom. The Morgan fingerprint density at radius 2 is 2.15 bits per heavy atom. The van der Waals surface area contributed by atoms with Crippen molar-refractivity contribution in [1.82, 2.24) is 15.1 Å². The molecule has 4 rings (SSSR count). The highest BCUT2D eigenvalue weighted by atomic mass is 16.3. The number of hydrogen-bond donors (Lipinski definition) is 2. The first kappa shape index (κ1) is 17.7. The topological polar surface area (TPSA) is 69.2 Å². The molecule has 2 aromatic carbocycles. The molecule has 5 heteroatoms. The van der Waals surface area contributed by atoms with E-state index >= 15 is 0 Å². The molecule has 140 valence electrons. The van der Waals surface area contributed by atoms with Crippen molar-refractivity contribution in [2.75, 3.05) is 6.54 Å². The van der Waals surface area contributed by atoms with Crippen molar-refractivity contribution in [1.29, 1.82) is 0 Å². The average molecular weight is 363 g/mol. The molecule has 3 aromatic rings. The van der Waals surface area contributed by atoms with E-state index in [1.165, 1.54) is 6.42 Å². The van der Waals surface area contributed by atoms with Crippen molar-refractivity contribution in [3.8, 4) is 11.1 Å². The van der Waals surface area contributed by atoms with Gasteiger partial charge in [-0.1, -0.05) is 12.1 Å². The molecule has 0 unspecified atom stereocenters. The molecule has 2 heterocycles. The maximum absolute atomic E-state index is 13.4. The first-order chi connectivity index (χ1) is 13.1. The third kappa shape index (κ3) is 3.23. The number of carbonyl (C=O) groups is 1. The second-order valence-electron chi connectivity index (χ2n) is 7.51. The Hall–Kier alpha value is -2.66. The summed E-state index contributed by atoms with van der Waals surface area (Å²) in [6, 6.07) is 10.2. The van der Waals surface area contributed by atoms with Gasteiger partial charge in [-0.05, 0) is 73.6 Å². The van der Waals surface area contributed by atoms with Gasteiger partial charge in [0.1, 0.15) is 0 Å². The molecule has 0 radical (unpaired) electrons. The standard InChI is InChI=1S/C22H25N3O2/c1-14-6-7-16(13-26)9-18(14)17-10-19(20-12-23-24-21(20)11-17)22(27)25-8-4-3-5-15(25)2/h6-7,9-12,15,26H,3-5,8,13H2,1-2H3,(H,23,24)/t15-/m1/s1. The number of piperidine rings is 1. The van der Waals surface area contributed by atoms with Gasteiger partial charge in [0.15, 0.2) is 0 Å². The van der Waals surface area contributed by atoms with Crippen LogP contribution in [0.2, 0.25) is 0 Å². The number of aromatic amines is 1. The van der Waals surface area contributed by atoms with Crippen molar-refractivity contribution in [3.63, 3.8) is 0 Å². The number of likely N-dealkylation sites (tertiary alicyclic amines) is 1. The second-order valence-corrected chi connectivity index (χ2v) is 7.51. The van der Waals surface area contributed by atoms with Gasteiger partial charge in [-0.3, -0.25) is 9.89 Å². The molecule has 1 aliphatic rings. The van der Waals surface area contributed by atoms with E-state index in [0.29, 0.717) is 5.56 Å². The Morgan fingerprint density at radius 1 is 1.30 bits per heavy atom. The van der Waals surface area contributed by atoms with Crippen LogP contribution in [0, 0.1) is 6.92 Å². The lowest BCUT2D eigenvalue weighted by Gasteiger charge is -2.33. The van der Waals surface area contributed by atoms with Gasteiger partial charge in [0.05, 0.1) is 23.9 Å². The van der Waals surface area contributed by atoms with Gasteiger partial charge >= 0.3 is 0 Å². The number of fused-ring (bicyclic) bond motifs is 1. The number of nitrogens with one attached hydrogen (secondary N) is 1. The Labute approximate surface area is 159 Å². The molecule has 1 fully saturated rings. The first-order valence-corrected chi connectivity index (χ1v) is 9.57. The van der Waals surface area contributed by atoms with Crippen LogP contribution >= 0.6 is 0 Å². The number of aliphatic hydroxyl groups excluding tert-OH is 1. The molecule has 0 bridgehead atoms. The molecule has 1 amide bonds. The molecule has 1 saturated heterocycles. The van der Waals surface area contributed by atoms with Gasteiger partial charge in [-0.15, -0.1) is 0 Å². The Bertz CT molecular complexity index is 992. The number of rotatable bonds is 3. The van der Waals surface area contributed by atoms with Crippen molar-refractivity contribution in [3.05, 3.63) is 53.2 Å². The number of aliphatic hydroxyl groups is 1. The number of benzene rings is 2. The number of hydrogen-bond acceptors (Lipinski definition) is 3. The number of aryl methyl sites for hydroxylation is 1. The zero-order chi connectivity index (χ0) is 19.0. The van der Waals surface area contributed by atoms with Gasteiger partial charge in [0.25, 0.3) is 5.91 Å². The average Bonchev–Trinajstić information content (AvgIpc) is 3.16. The molecule has 1 aliphatic heterocycles. The van der Waals surface area contributed by atoms with Crippen LogP contribution in [0.25, 0.3) is 22.0 Å². The fourth-order valence-corrected chi connectivity index (χ4v) is 4.02. The normalized spacial score (nSPS) is 17.4. The minimum atomic E-state index is -0.00331. The maximum Gasteiger partial charge on any atom is 0.254 e. The number of amides is 1. The van der Waals surface area contributed by atoms with Gasteiger partial charge in [0.2, 0.25) is 0 Å². The van der Waals surface area contributed by atoms with Crippen LogP contribution in [-0.2, 0) is 6.61 Å². The van der Waals surface area contributed by atoms with E-state index in [9.17, 15) is 9.90 Å². The third-order valence-electron chi connectivity index (χ3n) is 5.65. The zero-order valence-electron chi connectivity index (χ0n) is 15.8. The minimum Gasteiger partial charge on any atom is -0.392 e. The molecule has 1 aromatic heterocycles. The van der Waals surface area contributed by atoms with Crippen molar-refractivity contribution >= 4 is 16.8 Å². The highest BCUT2D eigenvalue weighted by Gasteiger charge is 2.26. The molecule has 27 heavy (non-hydrogen) atoms. The van der Waals surface area contributed by atoms with Crippen LogP contribution in [0.1, 0.15) is 47.7 Å². The molecule has 0 saturated carbocycles.